The van der Waals surface area contributed by atoms with Crippen LogP contribution in [0, 0.1) is 17.8 Å². The van der Waals surface area contributed by atoms with Gasteiger partial charge in [0, 0.05) is 6.04 Å². The van der Waals surface area contributed by atoms with Crippen molar-refractivity contribution in [2.24, 2.45) is 23.5 Å². The van der Waals surface area contributed by atoms with Gasteiger partial charge in [-0.3, -0.25) is 14.5 Å². The van der Waals surface area contributed by atoms with Crippen LogP contribution in [0.2, 0.25) is 0 Å². The van der Waals surface area contributed by atoms with Crippen molar-refractivity contribution in [1.29, 1.82) is 0 Å². The second kappa shape index (κ2) is 5.26. The van der Waals surface area contributed by atoms with Gasteiger partial charge in [-0.1, -0.05) is 25.5 Å². The van der Waals surface area contributed by atoms with E-state index < -0.39 is 0 Å². The first-order valence-corrected chi connectivity index (χ1v) is 7.76. The summed E-state index contributed by atoms with van der Waals surface area (Å²) in [6.07, 6.45) is 2.76. The van der Waals surface area contributed by atoms with Crippen LogP contribution in [0.15, 0.2) is 24.3 Å². The van der Waals surface area contributed by atoms with Crippen LogP contribution in [-0.4, -0.2) is 11.8 Å². The highest BCUT2D eigenvalue weighted by Crippen LogP contribution is 2.45. The lowest BCUT2D eigenvalue weighted by atomic mass is 10.00. The predicted molar refractivity (Wildman–Crippen MR) is 81.5 cm³/mol. The normalized spacial score (nSPS) is 29.9. The molecule has 2 fully saturated rings. The summed E-state index contributed by atoms with van der Waals surface area (Å²) in [6, 6.07) is 7.35. The fourth-order valence-corrected chi connectivity index (χ4v) is 3.66. The molecule has 0 radical (unpaired) electrons. The summed E-state index contributed by atoms with van der Waals surface area (Å²) < 4.78 is 0. The number of nitrogens with zero attached hydrogens (tertiary/aromatic N) is 1. The van der Waals surface area contributed by atoms with Crippen LogP contribution in [0.3, 0.4) is 0 Å². The van der Waals surface area contributed by atoms with Gasteiger partial charge in [-0.25, -0.2) is 0 Å². The van der Waals surface area contributed by atoms with E-state index in [1.54, 1.807) is 0 Å². The molecule has 0 bridgehead atoms. The monoisotopic (exact) mass is 286 g/mol. The van der Waals surface area contributed by atoms with E-state index in [-0.39, 0.29) is 29.7 Å². The molecule has 4 heteroatoms. The summed E-state index contributed by atoms with van der Waals surface area (Å²) in [7, 11) is 0. The number of carbonyl (C=O) groups is 2. The molecule has 1 aliphatic carbocycles. The summed E-state index contributed by atoms with van der Waals surface area (Å²) in [4.78, 5) is 26.6. The highest BCUT2D eigenvalue weighted by atomic mass is 16.2. The summed E-state index contributed by atoms with van der Waals surface area (Å²) in [5.41, 5.74) is 7.50. The zero-order valence-corrected chi connectivity index (χ0v) is 12.6. The second-order valence-corrected chi connectivity index (χ2v) is 6.35. The quantitative estimate of drug-likeness (QED) is 0.869. The lowest BCUT2D eigenvalue weighted by Crippen LogP contribution is -2.32. The van der Waals surface area contributed by atoms with Gasteiger partial charge in [-0.2, -0.15) is 0 Å². The molecule has 1 aromatic carbocycles. The maximum Gasteiger partial charge on any atom is 0.237 e. The van der Waals surface area contributed by atoms with E-state index in [0.29, 0.717) is 11.6 Å². The molecule has 2 N–H and O–H groups in total. The third-order valence-corrected chi connectivity index (χ3v) is 4.97. The minimum Gasteiger partial charge on any atom is -0.324 e. The number of amides is 2. The molecular formula is C17H22N2O2. The van der Waals surface area contributed by atoms with Crippen LogP contribution in [0.25, 0.3) is 0 Å². The van der Waals surface area contributed by atoms with E-state index in [2.05, 4.69) is 6.92 Å². The zero-order chi connectivity index (χ0) is 15.1. The fourth-order valence-electron chi connectivity index (χ4n) is 3.66. The van der Waals surface area contributed by atoms with E-state index in [4.69, 9.17) is 5.73 Å². The summed E-state index contributed by atoms with van der Waals surface area (Å²) in [5, 5.41) is 0. The Balaban J connectivity index is 1.90. The minimum absolute atomic E-state index is 0.0252. The summed E-state index contributed by atoms with van der Waals surface area (Å²) in [6.45, 7) is 4.03. The molecule has 3 unspecified atom stereocenters. The third kappa shape index (κ3) is 2.27. The third-order valence-electron chi connectivity index (χ3n) is 4.97. The lowest BCUT2D eigenvalue weighted by Gasteiger charge is -2.19. The summed E-state index contributed by atoms with van der Waals surface area (Å²) >= 11 is 0. The highest BCUT2D eigenvalue weighted by Gasteiger charge is 2.52. The van der Waals surface area contributed by atoms with Crippen LogP contribution in [-0.2, 0) is 9.59 Å². The average molecular weight is 286 g/mol. The Morgan fingerprint density at radius 2 is 1.86 bits per heavy atom. The number of nitrogens with two attached hydrogens (primary N) is 1. The van der Waals surface area contributed by atoms with E-state index in [1.165, 1.54) is 4.90 Å². The second-order valence-electron chi connectivity index (χ2n) is 6.35. The molecule has 0 spiro atoms. The minimum atomic E-state index is -0.110. The Morgan fingerprint density at radius 1 is 1.24 bits per heavy atom. The molecule has 21 heavy (non-hydrogen) atoms. The van der Waals surface area contributed by atoms with E-state index >= 15 is 0 Å². The van der Waals surface area contributed by atoms with E-state index in [9.17, 15) is 9.59 Å². The molecule has 2 amide bonds. The molecule has 3 atom stereocenters. The van der Waals surface area contributed by atoms with E-state index in [0.717, 1.165) is 24.8 Å². The van der Waals surface area contributed by atoms with Crippen LogP contribution >= 0.6 is 0 Å². The van der Waals surface area contributed by atoms with Gasteiger partial charge in [0.15, 0.2) is 0 Å². The maximum atomic E-state index is 12.6. The van der Waals surface area contributed by atoms with Crippen molar-refractivity contribution in [2.45, 2.75) is 39.2 Å². The van der Waals surface area contributed by atoms with Crippen LogP contribution in [0.1, 0.15) is 44.7 Å². The van der Waals surface area contributed by atoms with Crippen molar-refractivity contribution in [3.8, 4) is 0 Å². The first-order valence-electron chi connectivity index (χ1n) is 7.76. The molecule has 3 rings (SSSR count). The Hall–Kier alpha value is -1.68. The molecule has 112 valence electrons. The summed E-state index contributed by atoms with van der Waals surface area (Å²) in [5.74, 6) is 0.249. The molecule has 1 saturated heterocycles. The van der Waals surface area contributed by atoms with Crippen molar-refractivity contribution in [2.75, 3.05) is 4.90 Å². The molecule has 4 nitrogen and oxygen atoms in total. The smallest absolute Gasteiger partial charge is 0.237 e. The SMILES string of the molecule is CCC1CC2C(=O)N(c3cccc(C(C)N)c3)C(=O)C2C1. The van der Waals surface area contributed by atoms with Crippen molar-refractivity contribution < 1.29 is 9.59 Å². The number of carbonyl (C=O) groups excluding carboxylic acids is 2. The van der Waals surface area contributed by atoms with Gasteiger partial charge in [0.1, 0.15) is 0 Å². The first kappa shape index (κ1) is 14.3. The molecule has 0 aromatic heterocycles. The number of fused-ring (bicyclic) bond motifs is 1. The number of hydrogen-bond donors (Lipinski definition) is 1. The molecule has 2 aliphatic rings. The molecule has 1 heterocycles. The van der Waals surface area contributed by atoms with Gasteiger partial charge in [0.2, 0.25) is 11.8 Å². The average Bonchev–Trinajstić information content (AvgIpc) is 3.00. The van der Waals surface area contributed by atoms with Gasteiger partial charge in [0.05, 0.1) is 17.5 Å². The number of rotatable bonds is 3. The van der Waals surface area contributed by atoms with Gasteiger partial charge in [-0.05, 0) is 43.4 Å². The maximum absolute atomic E-state index is 12.6. The van der Waals surface area contributed by atoms with Crippen molar-refractivity contribution >= 4 is 17.5 Å². The van der Waals surface area contributed by atoms with Crippen molar-refractivity contribution in [3.05, 3.63) is 29.8 Å². The largest absolute Gasteiger partial charge is 0.324 e. The first-order chi connectivity index (χ1) is 10.0. The van der Waals surface area contributed by atoms with E-state index in [1.807, 2.05) is 31.2 Å². The van der Waals surface area contributed by atoms with Gasteiger partial charge >= 0.3 is 0 Å². The Bertz CT molecular complexity index is 558. The Kier molecular flexibility index (Phi) is 3.57. The van der Waals surface area contributed by atoms with Crippen molar-refractivity contribution in [1.82, 2.24) is 0 Å². The molecule has 1 aromatic rings. The highest BCUT2D eigenvalue weighted by molar-refractivity contribution is 6.22. The number of anilines is 1. The number of benzene rings is 1. The predicted octanol–water partition coefficient (Wildman–Crippen LogP) is 2.63. The van der Waals surface area contributed by atoms with Gasteiger partial charge in [-0.15, -0.1) is 0 Å². The number of imide groups is 1. The van der Waals surface area contributed by atoms with Crippen LogP contribution in [0.4, 0.5) is 5.69 Å². The lowest BCUT2D eigenvalue weighted by molar-refractivity contribution is -0.123. The van der Waals surface area contributed by atoms with Gasteiger partial charge in [0.25, 0.3) is 0 Å². The fraction of sp³-hybridized carbons (Fsp3) is 0.529. The topological polar surface area (TPSA) is 63.4 Å². The zero-order valence-electron chi connectivity index (χ0n) is 12.6. The molecule has 1 aliphatic heterocycles. The van der Waals surface area contributed by atoms with Crippen LogP contribution in [0.5, 0.6) is 0 Å². The van der Waals surface area contributed by atoms with Gasteiger partial charge < -0.3 is 5.73 Å². The Labute approximate surface area is 125 Å². The number of hydrogen-bond acceptors (Lipinski definition) is 3. The molecular weight excluding hydrogens is 264 g/mol. The standard InChI is InChI=1S/C17H22N2O2/c1-3-11-7-14-15(8-11)17(21)19(16(14)20)13-6-4-5-12(9-13)10(2)18/h4-6,9-11,14-15H,3,7-8,18H2,1-2H3. The van der Waals surface area contributed by atoms with Crippen molar-refractivity contribution in [3.63, 3.8) is 0 Å². The molecule has 1 saturated carbocycles. The Morgan fingerprint density at radius 3 is 2.38 bits per heavy atom. The van der Waals surface area contributed by atoms with Crippen LogP contribution < -0.4 is 10.6 Å².